The second-order valence-corrected chi connectivity index (χ2v) is 4.82. The van der Waals surface area contributed by atoms with Crippen molar-refractivity contribution in [3.63, 3.8) is 0 Å². The molecule has 1 aliphatic rings. The summed E-state index contributed by atoms with van der Waals surface area (Å²) in [6.07, 6.45) is -0.197. The number of hydrogen-bond donors (Lipinski definition) is 1. The maximum atomic E-state index is 5.85. The summed E-state index contributed by atoms with van der Waals surface area (Å²) in [6, 6.07) is 16.4. The highest BCUT2D eigenvalue weighted by Gasteiger charge is 2.21. The number of hydrazone groups is 1. The third-order valence-electron chi connectivity index (χ3n) is 3.19. The van der Waals surface area contributed by atoms with E-state index in [0.717, 1.165) is 11.1 Å². The van der Waals surface area contributed by atoms with Gasteiger partial charge in [-0.1, -0.05) is 47.5 Å². The molecule has 0 saturated heterocycles. The highest BCUT2D eigenvalue weighted by molar-refractivity contribution is 5.94. The van der Waals surface area contributed by atoms with Crippen LogP contribution in [-0.4, -0.2) is 5.90 Å². The van der Waals surface area contributed by atoms with Crippen molar-refractivity contribution in [1.29, 1.82) is 0 Å². The Labute approximate surface area is 112 Å². The molecule has 2 aromatic rings. The Kier molecular flexibility index (Phi) is 2.95. The Morgan fingerprint density at radius 3 is 2.11 bits per heavy atom. The molecule has 0 aliphatic carbocycles. The molecule has 0 fully saturated rings. The quantitative estimate of drug-likeness (QED) is 0.889. The summed E-state index contributed by atoms with van der Waals surface area (Å²) in [5, 5.41) is 4.26. The zero-order chi connectivity index (χ0) is 13.2. The van der Waals surface area contributed by atoms with E-state index in [2.05, 4.69) is 60.8 Å². The topological polar surface area (TPSA) is 33.6 Å². The molecule has 1 atom stereocenters. The summed E-state index contributed by atoms with van der Waals surface area (Å²) in [4.78, 5) is 0. The monoisotopic (exact) mass is 252 g/mol. The lowest BCUT2D eigenvalue weighted by atomic mass is 10.1. The minimum Gasteiger partial charge on any atom is -0.446 e. The highest BCUT2D eigenvalue weighted by Crippen LogP contribution is 2.22. The zero-order valence-corrected chi connectivity index (χ0v) is 11.1. The fourth-order valence-electron chi connectivity index (χ4n) is 1.99. The lowest BCUT2D eigenvalue weighted by molar-refractivity contribution is 0.192. The Morgan fingerprint density at radius 1 is 0.895 bits per heavy atom. The first-order valence-electron chi connectivity index (χ1n) is 6.36. The van der Waals surface area contributed by atoms with E-state index in [1.54, 1.807) is 0 Å². The van der Waals surface area contributed by atoms with Crippen molar-refractivity contribution in [2.24, 2.45) is 5.10 Å². The van der Waals surface area contributed by atoms with E-state index in [1.807, 2.05) is 12.1 Å². The maximum Gasteiger partial charge on any atom is 0.240 e. The van der Waals surface area contributed by atoms with Crippen molar-refractivity contribution in [2.75, 3.05) is 0 Å². The summed E-state index contributed by atoms with van der Waals surface area (Å²) in [5.41, 5.74) is 7.56. The predicted molar refractivity (Wildman–Crippen MR) is 75.9 cm³/mol. The highest BCUT2D eigenvalue weighted by atomic mass is 16.5. The van der Waals surface area contributed by atoms with Crippen LogP contribution in [0.5, 0.6) is 0 Å². The Bertz CT molecular complexity index is 600. The van der Waals surface area contributed by atoms with Crippen LogP contribution < -0.4 is 5.43 Å². The number of benzene rings is 2. The zero-order valence-electron chi connectivity index (χ0n) is 11.1. The van der Waals surface area contributed by atoms with Crippen LogP contribution in [0.2, 0.25) is 0 Å². The average molecular weight is 252 g/mol. The number of nitrogens with zero attached hydrogens (tertiary/aromatic N) is 1. The van der Waals surface area contributed by atoms with Crippen molar-refractivity contribution >= 4 is 5.90 Å². The molecule has 2 aromatic carbocycles. The van der Waals surface area contributed by atoms with E-state index in [1.165, 1.54) is 11.1 Å². The van der Waals surface area contributed by atoms with Gasteiger partial charge in [-0.25, -0.2) is 0 Å². The van der Waals surface area contributed by atoms with Crippen molar-refractivity contribution in [3.05, 3.63) is 70.8 Å². The van der Waals surface area contributed by atoms with Gasteiger partial charge in [0.25, 0.3) is 0 Å². The smallest absolute Gasteiger partial charge is 0.240 e. The molecule has 0 saturated carbocycles. The van der Waals surface area contributed by atoms with Crippen molar-refractivity contribution in [1.82, 2.24) is 5.43 Å². The molecule has 0 spiro atoms. The molecular formula is C16H16N2O. The number of hydrogen-bond acceptors (Lipinski definition) is 3. The Hall–Kier alpha value is -2.29. The van der Waals surface area contributed by atoms with Gasteiger partial charge in [0.15, 0.2) is 0 Å². The van der Waals surface area contributed by atoms with Crippen molar-refractivity contribution in [3.8, 4) is 0 Å². The van der Waals surface area contributed by atoms with Crippen LogP contribution in [0, 0.1) is 13.8 Å². The Balaban J connectivity index is 1.76. The van der Waals surface area contributed by atoms with Gasteiger partial charge >= 0.3 is 0 Å². The van der Waals surface area contributed by atoms with E-state index < -0.39 is 0 Å². The largest absolute Gasteiger partial charge is 0.446 e. The van der Waals surface area contributed by atoms with Gasteiger partial charge in [-0.3, -0.25) is 5.43 Å². The van der Waals surface area contributed by atoms with Gasteiger partial charge in [0.05, 0.1) is 0 Å². The minimum absolute atomic E-state index is 0.197. The van der Waals surface area contributed by atoms with Gasteiger partial charge in [0.2, 0.25) is 12.1 Å². The lowest BCUT2D eigenvalue weighted by Gasteiger charge is -2.11. The van der Waals surface area contributed by atoms with E-state index in [-0.39, 0.29) is 6.23 Å². The molecular weight excluding hydrogens is 236 g/mol. The Morgan fingerprint density at radius 2 is 1.47 bits per heavy atom. The van der Waals surface area contributed by atoms with Gasteiger partial charge in [-0.15, -0.1) is 5.10 Å². The first kappa shape index (κ1) is 11.8. The maximum absolute atomic E-state index is 5.85. The molecule has 19 heavy (non-hydrogen) atoms. The second kappa shape index (κ2) is 4.76. The molecule has 0 aromatic heterocycles. The van der Waals surface area contributed by atoms with Gasteiger partial charge in [-0.2, -0.15) is 0 Å². The van der Waals surface area contributed by atoms with Crippen molar-refractivity contribution in [2.45, 2.75) is 20.1 Å². The van der Waals surface area contributed by atoms with Crippen LogP contribution >= 0.6 is 0 Å². The molecule has 3 rings (SSSR count). The fraction of sp³-hybridized carbons (Fsp3) is 0.188. The van der Waals surface area contributed by atoms with Crippen molar-refractivity contribution < 1.29 is 4.74 Å². The van der Waals surface area contributed by atoms with Gasteiger partial charge in [-0.05, 0) is 26.0 Å². The number of nitrogens with one attached hydrogen (secondary N) is 1. The first-order valence-corrected chi connectivity index (χ1v) is 6.36. The molecule has 0 bridgehead atoms. The average Bonchev–Trinajstić information content (AvgIpc) is 2.90. The fourth-order valence-corrected chi connectivity index (χ4v) is 1.99. The lowest BCUT2D eigenvalue weighted by Crippen LogP contribution is -2.12. The van der Waals surface area contributed by atoms with Crippen LogP contribution in [0.3, 0.4) is 0 Å². The van der Waals surface area contributed by atoms with E-state index in [4.69, 9.17) is 4.74 Å². The van der Waals surface area contributed by atoms with Crippen LogP contribution in [0.4, 0.5) is 0 Å². The molecule has 0 amide bonds. The number of rotatable bonds is 2. The van der Waals surface area contributed by atoms with E-state index >= 15 is 0 Å². The molecule has 1 aliphatic heterocycles. The molecule has 1 unspecified atom stereocenters. The van der Waals surface area contributed by atoms with Gasteiger partial charge in [0.1, 0.15) is 0 Å². The third-order valence-corrected chi connectivity index (χ3v) is 3.19. The van der Waals surface area contributed by atoms with Gasteiger partial charge in [0, 0.05) is 11.1 Å². The summed E-state index contributed by atoms with van der Waals surface area (Å²) in [6.45, 7) is 4.13. The molecule has 1 heterocycles. The molecule has 3 nitrogen and oxygen atoms in total. The molecule has 1 N–H and O–H groups in total. The normalized spacial score (nSPS) is 17.6. The third kappa shape index (κ3) is 2.45. The SMILES string of the molecule is Cc1ccc(C2=NNC(c3ccc(C)cc3)O2)cc1. The predicted octanol–water partition coefficient (Wildman–Crippen LogP) is 3.28. The molecule has 0 radical (unpaired) electrons. The van der Waals surface area contributed by atoms with Crippen LogP contribution in [0.1, 0.15) is 28.5 Å². The standard InChI is InChI=1S/C16H16N2O/c1-11-3-7-13(8-4-11)15-17-18-16(19-15)14-9-5-12(2)6-10-14/h3-10,15,17H,1-2H3. The summed E-state index contributed by atoms with van der Waals surface area (Å²) >= 11 is 0. The van der Waals surface area contributed by atoms with Crippen LogP contribution in [0.25, 0.3) is 0 Å². The van der Waals surface area contributed by atoms with Gasteiger partial charge < -0.3 is 4.74 Å². The number of ether oxygens (including phenoxy) is 1. The minimum atomic E-state index is -0.197. The number of aryl methyl sites for hydroxylation is 2. The first-order chi connectivity index (χ1) is 9.22. The summed E-state index contributed by atoms with van der Waals surface area (Å²) in [5.74, 6) is 0.644. The summed E-state index contributed by atoms with van der Waals surface area (Å²) in [7, 11) is 0. The molecule has 96 valence electrons. The second-order valence-electron chi connectivity index (χ2n) is 4.82. The van der Waals surface area contributed by atoms with Crippen LogP contribution in [0.15, 0.2) is 53.6 Å². The molecule has 3 heteroatoms. The summed E-state index contributed by atoms with van der Waals surface area (Å²) < 4.78 is 5.85. The van der Waals surface area contributed by atoms with E-state index in [9.17, 15) is 0 Å². The van der Waals surface area contributed by atoms with Crippen LogP contribution in [-0.2, 0) is 4.74 Å². The van der Waals surface area contributed by atoms with E-state index in [0.29, 0.717) is 5.90 Å².